The summed E-state index contributed by atoms with van der Waals surface area (Å²) in [5.74, 6) is -0.227. The summed E-state index contributed by atoms with van der Waals surface area (Å²) in [5.41, 5.74) is 3.38. The fraction of sp³-hybridized carbons (Fsp3) is 0.0455. The molecule has 1 saturated heterocycles. The minimum atomic E-state index is -0.227. The lowest BCUT2D eigenvalue weighted by Gasteiger charge is -2.19. The molecule has 7 nitrogen and oxygen atoms in total. The molecule has 2 aromatic heterocycles. The number of benzene rings is 2. The molecule has 10 heteroatoms. The van der Waals surface area contributed by atoms with Crippen LogP contribution in [0.25, 0.3) is 15.6 Å². The minimum absolute atomic E-state index is 0.227. The van der Waals surface area contributed by atoms with Gasteiger partial charge >= 0.3 is 0 Å². The molecular weight excluding hydrogens is 460 g/mol. The minimum Gasteiger partial charge on any atom is -0.345 e. The number of azo groups is 1. The van der Waals surface area contributed by atoms with Crippen molar-refractivity contribution in [2.75, 3.05) is 11.9 Å². The third-order valence-corrected chi connectivity index (χ3v) is 6.93. The molecule has 1 fully saturated rings. The lowest BCUT2D eigenvalue weighted by atomic mass is 10.2. The molecule has 4 aromatic rings. The van der Waals surface area contributed by atoms with E-state index < -0.39 is 0 Å². The number of thiophene rings is 1. The molecule has 0 saturated carbocycles. The van der Waals surface area contributed by atoms with Crippen LogP contribution in [0.3, 0.4) is 0 Å². The number of thiazole rings is 1. The number of para-hydroxylation sites is 1. The van der Waals surface area contributed by atoms with Crippen molar-refractivity contribution in [2.24, 2.45) is 10.2 Å². The van der Waals surface area contributed by atoms with Gasteiger partial charge in [-0.2, -0.15) is 0 Å². The molecule has 0 bridgehead atoms. The van der Waals surface area contributed by atoms with Gasteiger partial charge in [0.05, 0.1) is 10.4 Å². The van der Waals surface area contributed by atoms with Gasteiger partial charge in [-0.15, -0.1) is 21.6 Å². The molecule has 0 unspecified atom stereocenters. The molecule has 2 aromatic carbocycles. The van der Waals surface area contributed by atoms with E-state index in [0.29, 0.717) is 15.9 Å². The van der Waals surface area contributed by atoms with Gasteiger partial charge in [-0.25, -0.2) is 4.98 Å². The van der Waals surface area contributed by atoms with Gasteiger partial charge in [-0.3, -0.25) is 10.1 Å². The first-order valence-electron chi connectivity index (χ1n) is 9.60. The first-order valence-corrected chi connectivity index (χ1v) is 11.6. The Hall–Kier alpha value is -3.47. The molecule has 5 rings (SSSR count). The second kappa shape index (κ2) is 8.58. The maximum Gasteiger partial charge on any atom is 0.273 e. The average Bonchev–Trinajstić information content (AvgIpc) is 3.45. The number of hydrogen-bond donors (Lipinski definition) is 2. The van der Waals surface area contributed by atoms with Gasteiger partial charge in [0.25, 0.3) is 5.91 Å². The van der Waals surface area contributed by atoms with Crippen LogP contribution in [0, 0.1) is 0 Å². The number of nitrogens with zero attached hydrogens (tertiary/aromatic N) is 4. The molecule has 0 aliphatic carbocycles. The Labute approximate surface area is 197 Å². The van der Waals surface area contributed by atoms with Crippen molar-refractivity contribution in [1.82, 2.24) is 15.6 Å². The van der Waals surface area contributed by atoms with Crippen LogP contribution in [0.4, 0.5) is 22.2 Å². The van der Waals surface area contributed by atoms with Crippen molar-refractivity contribution in [2.45, 2.75) is 0 Å². The van der Waals surface area contributed by atoms with Gasteiger partial charge in [-0.05, 0) is 60.8 Å². The fourth-order valence-electron chi connectivity index (χ4n) is 3.12. The first kappa shape index (κ1) is 20.4. The van der Waals surface area contributed by atoms with Crippen molar-refractivity contribution in [3.05, 3.63) is 71.2 Å². The predicted octanol–water partition coefficient (Wildman–Crippen LogP) is 5.89. The molecule has 0 spiro atoms. The van der Waals surface area contributed by atoms with Crippen LogP contribution in [0.15, 0.2) is 76.6 Å². The van der Waals surface area contributed by atoms with Gasteiger partial charge < -0.3 is 10.2 Å². The highest BCUT2D eigenvalue weighted by molar-refractivity contribution is 7.80. The molecule has 0 radical (unpaired) electrons. The zero-order valence-corrected chi connectivity index (χ0v) is 19.2. The Bertz CT molecular complexity index is 1340. The number of rotatable bonds is 5. The fourth-order valence-corrected chi connectivity index (χ4v) is 5.31. The summed E-state index contributed by atoms with van der Waals surface area (Å²) in [6.07, 6.45) is 1.77. The Morgan fingerprint density at radius 1 is 1.00 bits per heavy atom. The number of hydrogen-bond acceptors (Lipinski definition) is 8. The molecule has 3 heterocycles. The summed E-state index contributed by atoms with van der Waals surface area (Å²) in [4.78, 5) is 20.2. The third kappa shape index (κ3) is 4.28. The number of fused-ring (bicyclic) bond motifs is 1. The number of carbonyl (C=O) groups is 1. The number of nitrogens with one attached hydrogen (secondary N) is 2. The van der Waals surface area contributed by atoms with Gasteiger partial charge in [0.1, 0.15) is 10.5 Å². The molecule has 1 aliphatic heterocycles. The number of aromatic nitrogens is 1. The van der Waals surface area contributed by atoms with E-state index in [0.717, 1.165) is 31.5 Å². The van der Waals surface area contributed by atoms with Crippen molar-refractivity contribution in [3.8, 4) is 0 Å². The molecule has 0 atom stereocenters. The lowest BCUT2D eigenvalue weighted by Crippen LogP contribution is -2.21. The molecule has 32 heavy (non-hydrogen) atoms. The molecule has 1 amide bonds. The molecule has 2 N–H and O–H groups in total. The number of carbonyl (C=O) groups excluding carboxylic acids is 1. The Balaban J connectivity index is 1.29. The number of amides is 1. The van der Waals surface area contributed by atoms with Gasteiger partial charge in [-0.1, -0.05) is 29.5 Å². The SMILES string of the molecule is CN(c1ccccc1)c1ccc(N=Nc2nc3sc(/C=C4/NC(=S)NC4=O)cc3s2)cc1. The van der Waals surface area contributed by atoms with Crippen LogP contribution in [0.2, 0.25) is 0 Å². The zero-order chi connectivity index (χ0) is 22.1. The smallest absolute Gasteiger partial charge is 0.273 e. The van der Waals surface area contributed by atoms with Gasteiger partial charge in [0.2, 0.25) is 5.13 Å². The summed E-state index contributed by atoms with van der Waals surface area (Å²) in [5, 5.41) is 14.9. The third-order valence-electron chi connectivity index (χ3n) is 4.74. The maximum atomic E-state index is 11.8. The molecule has 158 valence electrons. The van der Waals surface area contributed by atoms with E-state index in [1.54, 1.807) is 6.08 Å². The van der Waals surface area contributed by atoms with Crippen LogP contribution >= 0.6 is 34.9 Å². The Morgan fingerprint density at radius 2 is 1.75 bits per heavy atom. The van der Waals surface area contributed by atoms with Crippen LogP contribution in [0.1, 0.15) is 4.88 Å². The van der Waals surface area contributed by atoms with Gasteiger partial charge in [0.15, 0.2) is 5.11 Å². The summed E-state index contributed by atoms with van der Waals surface area (Å²) < 4.78 is 0.997. The van der Waals surface area contributed by atoms with E-state index in [4.69, 9.17) is 12.2 Å². The maximum absolute atomic E-state index is 11.8. The first-order chi connectivity index (χ1) is 15.5. The Morgan fingerprint density at radius 3 is 2.44 bits per heavy atom. The van der Waals surface area contributed by atoms with Crippen molar-refractivity contribution in [1.29, 1.82) is 0 Å². The standard InChI is InChI=1S/C22H16N6OS3/c1-28(14-5-3-2-4-6-14)15-9-7-13(8-10-15)26-27-22-25-20-18(32-22)12-16(31-20)11-17-19(29)24-21(30)23-17/h2-12H,1H3,(H2,23,24,29,30)/b17-11+,27-26?. The largest absolute Gasteiger partial charge is 0.345 e. The van der Waals surface area contributed by atoms with Crippen LogP contribution in [0.5, 0.6) is 0 Å². The van der Waals surface area contributed by atoms with E-state index in [1.807, 2.05) is 55.6 Å². The van der Waals surface area contributed by atoms with Crippen molar-refractivity contribution >= 4 is 83.7 Å². The zero-order valence-electron chi connectivity index (χ0n) is 16.8. The normalized spacial score (nSPS) is 15.0. The van der Waals surface area contributed by atoms with E-state index in [1.165, 1.54) is 22.7 Å². The second-order valence-electron chi connectivity index (χ2n) is 6.89. The summed E-state index contributed by atoms with van der Waals surface area (Å²) >= 11 is 7.89. The van der Waals surface area contributed by atoms with E-state index in [9.17, 15) is 4.79 Å². The lowest BCUT2D eigenvalue weighted by molar-refractivity contribution is -0.115. The average molecular weight is 477 g/mol. The molecular formula is C22H16N6OS3. The summed E-state index contributed by atoms with van der Waals surface area (Å²) in [7, 11) is 2.03. The number of anilines is 2. The van der Waals surface area contributed by atoms with Crippen molar-refractivity contribution in [3.63, 3.8) is 0 Å². The monoisotopic (exact) mass is 476 g/mol. The highest BCUT2D eigenvalue weighted by Gasteiger charge is 2.20. The van der Waals surface area contributed by atoms with Gasteiger partial charge in [0, 0.05) is 23.3 Å². The van der Waals surface area contributed by atoms with Crippen LogP contribution in [-0.4, -0.2) is 23.1 Å². The quantitative estimate of drug-likeness (QED) is 0.213. The van der Waals surface area contributed by atoms with E-state index in [2.05, 4.69) is 42.9 Å². The second-order valence-corrected chi connectivity index (χ2v) is 9.37. The highest BCUT2D eigenvalue weighted by Crippen LogP contribution is 2.36. The summed E-state index contributed by atoms with van der Waals surface area (Å²) in [6.45, 7) is 0. The van der Waals surface area contributed by atoms with E-state index >= 15 is 0 Å². The van der Waals surface area contributed by atoms with Crippen LogP contribution < -0.4 is 15.5 Å². The van der Waals surface area contributed by atoms with Crippen LogP contribution in [-0.2, 0) is 4.79 Å². The topological polar surface area (TPSA) is 82.0 Å². The predicted molar refractivity (Wildman–Crippen MR) is 134 cm³/mol. The Kier molecular flexibility index (Phi) is 5.48. The summed E-state index contributed by atoms with van der Waals surface area (Å²) in [6, 6.07) is 20.0. The van der Waals surface area contributed by atoms with Crippen molar-refractivity contribution < 1.29 is 4.79 Å². The number of thiocarbonyl (C=S) groups is 1. The highest BCUT2D eigenvalue weighted by atomic mass is 32.1. The van der Waals surface area contributed by atoms with E-state index in [-0.39, 0.29) is 5.91 Å². The molecule has 1 aliphatic rings.